The Morgan fingerprint density at radius 2 is 1.16 bits per heavy atom. The lowest BCUT2D eigenvalue weighted by Gasteiger charge is -2.13. The van der Waals surface area contributed by atoms with Gasteiger partial charge in [-0.2, -0.15) is 0 Å². The Balaban J connectivity index is 1.48. The molecular weight excluding hydrogens is 540 g/mol. The fourth-order valence-electron chi connectivity index (χ4n) is 6.30. The van der Waals surface area contributed by atoms with Gasteiger partial charge in [-0.3, -0.25) is 14.5 Å². The van der Waals surface area contributed by atoms with Crippen LogP contribution in [0.4, 0.5) is 0 Å². The molecule has 9 rings (SSSR count). The normalized spacial score (nSPS) is 11.6. The van der Waals surface area contributed by atoms with Crippen LogP contribution in [-0.2, 0) is 0 Å². The van der Waals surface area contributed by atoms with Gasteiger partial charge in [-0.1, -0.05) is 97.1 Å². The monoisotopic (exact) mass is 564 g/mol. The van der Waals surface area contributed by atoms with Gasteiger partial charge in [0.2, 0.25) is 0 Å². The van der Waals surface area contributed by atoms with Crippen molar-refractivity contribution in [3.8, 4) is 34.2 Å². The average molecular weight is 565 g/mol. The maximum absolute atomic E-state index is 5.22. The minimum atomic E-state index is 0.657. The molecule has 0 saturated carbocycles. The second-order valence-corrected chi connectivity index (χ2v) is 10.8. The molecule has 0 aliphatic carbocycles. The van der Waals surface area contributed by atoms with E-state index in [1.807, 2.05) is 73.1 Å². The van der Waals surface area contributed by atoms with Crippen molar-refractivity contribution >= 4 is 43.9 Å². The maximum Gasteiger partial charge on any atom is 0.162 e. The number of aromatic nitrogens is 6. The quantitative estimate of drug-likeness (QED) is 0.214. The number of nitrogens with zero attached hydrogens (tertiary/aromatic N) is 6. The molecule has 0 atom stereocenters. The smallest absolute Gasteiger partial charge is 0.162 e. The summed E-state index contributed by atoms with van der Waals surface area (Å²) in [6.07, 6.45) is 3.82. The van der Waals surface area contributed by atoms with Crippen LogP contribution in [0.2, 0.25) is 0 Å². The van der Waals surface area contributed by atoms with Gasteiger partial charge in [-0.25, -0.2) is 9.97 Å². The van der Waals surface area contributed by atoms with Crippen molar-refractivity contribution in [2.45, 2.75) is 0 Å². The number of hydrogen-bond acceptors (Lipinski definition) is 4. The van der Waals surface area contributed by atoms with Crippen molar-refractivity contribution in [2.24, 2.45) is 0 Å². The SMILES string of the molecule is c1ccc(-c2cc(-n3c4cccnc4c4ncc5c6ccccc6n(-c6ccccc6)c5c43)nc(-c3ccccc3)n2)cc1. The number of para-hydroxylation sites is 2. The molecule has 6 nitrogen and oxygen atoms in total. The van der Waals surface area contributed by atoms with Crippen molar-refractivity contribution in [3.63, 3.8) is 0 Å². The number of pyridine rings is 2. The first-order valence-electron chi connectivity index (χ1n) is 14.6. The van der Waals surface area contributed by atoms with Crippen LogP contribution in [0.5, 0.6) is 0 Å². The number of fused-ring (bicyclic) bond motifs is 7. The van der Waals surface area contributed by atoms with E-state index >= 15 is 0 Å². The van der Waals surface area contributed by atoms with Gasteiger partial charge in [0.05, 0.1) is 22.2 Å². The molecule has 6 heteroatoms. The molecule has 4 aromatic carbocycles. The zero-order valence-electron chi connectivity index (χ0n) is 23.5. The molecule has 0 unspecified atom stereocenters. The Bertz CT molecular complexity index is 2420. The molecule has 0 aliphatic heterocycles. The minimum Gasteiger partial charge on any atom is -0.307 e. The summed E-state index contributed by atoms with van der Waals surface area (Å²) in [5, 5.41) is 2.21. The van der Waals surface area contributed by atoms with Crippen molar-refractivity contribution in [1.29, 1.82) is 0 Å². The van der Waals surface area contributed by atoms with E-state index in [1.165, 1.54) is 0 Å². The van der Waals surface area contributed by atoms with E-state index in [0.29, 0.717) is 5.82 Å². The summed E-state index contributed by atoms with van der Waals surface area (Å²) < 4.78 is 4.55. The minimum absolute atomic E-state index is 0.657. The molecule has 0 spiro atoms. The highest BCUT2D eigenvalue weighted by molar-refractivity contribution is 6.21. The lowest BCUT2D eigenvalue weighted by Crippen LogP contribution is -2.04. The molecule has 0 fully saturated rings. The maximum atomic E-state index is 5.22. The molecule has 206 valence electrons. The highest BCUT2D eigenvalue weighted by Gasteiger charge is 2.24. The third-order valence-electron chi connectivity index (χ3n) is 8.22. The summed E-state index contributed by atoms with van der Waals surface area (Å²) >= 11 is 0. The molecule has 5 heterocycles. The average Bonchev–Trinajstić information content (AvgIpc) is 3.62. The third-order valence-corrected chi connectivity index (χ3v) is 8.22. The van der Waals surface area contributed by atoms with Gasteiger partial charge in [0.25, 0.3) is 0 Å². The van der Waals surface area contributed by atoms with Crippen LogP contribution in [0.1, 0.15) is 0 Å². The Morgan fingerprint density at radius 1 is 0.477 bits per heavy atom. The zero-order valence-corrected chi connectivity index (χ0v) is 23.5. The van der Waals surface area contributed by atoms with Crippen LogP contribution in [0.3, 0.4) is 0 Å². The van der Waals surface area contributed by atoms with E-state index in [4.69, 9.17) is 19.9 Å². The van der Waals surface area contributed by atoms with Gasteiger partial charge in [0.15, 0.2) is 5.82 Å². The van der Waals surface area contributed by atoms with Crippen molar-refractivity contribution in [2.75, 3.05) is 0 Å². The summed E-state index contributed by atoms with van der Waals surface area (Å²) in [6.45, 7) is 0. The summed E-state index contributed by atoms with van der Waals surface area (Å²) in [4.78, 5) is 20.2. The van der Waals surface area contributed by atoms with E-state index in [9.17, 15) is 0 Å². The Kier molecular flexibility index (Phi) is 5.40. The molecule has 44 heavy (non-hydrogen) atoms. The van der Waals surface area contributed by atoms with Crippen LogP contribution < -0.4 is 0 Å². The van der Waals surface area contributed by atoms with Crippen LogP contribution >= 0.6 is 0 Å². The van der Waals surface area contributed by atoms with Gasteiger partial charge >= 0.3 is 0 Å². The highest BCUT2D eigenvalue weighted by atomic mass is 15.1. The van der Waals surface area contributed by atoms with Gasteiger partial charge in [0.1, 0.15) is 22.4 Å². The summed E-state index contributed by atoms with van der Waals surface area (Å²) in [6, 6.07) is 45.6. The fraction of sp³-hybridized carbons (Fsp3) is 0. The molecule has 0 aliphatic rings. The summed E-state index contributed by atoms with van der Waals surface area (Å²) in [7, 11) is 0. The molecule has 0 radical (unpaired) electrons. The second kappa shape index (κ2) is 9.71. The largest absolute Gasteiger partial charge is 0.307 e. The number of benzene rings is 4. The van der Waals surface area contributed by atoms with Gasteiger partial charge in [-0.15, -0.1) is 0 Å². The first kappa shape index (κ1) is 24.5. The van der Waals surface area contributed by atoms with Crippen LogP contribution in [-0.4, -0.2) is 29.1 Å². The van der Waals surface area contributed by atoms with E-state index in [2.05, 4.69) is 81.9 Å². The van der Waals surface area contributed by atoms with Crippen molar-refractivity contribution in [1.82, 2.24) is 29.1 Å². The standard InChI is InChI=1S/C38H24N6/c1-4-13-25(14-5-1)30-23-33(42-38(41-30)26-15-6-2-7-16-26)44-32-21-12-22-39-34(32)35-37(44)36-29(24-40-35)28-19-10-11-20-31(28)43(36)27-17-8-3-9-18-27/h1-24H. The first-order chi connectivity index (χ1) is 21.8. The Morgan fingerprint density at radius 3 is 1.95 bits per heavy atom. The van der Waals surface area contributed by atoms with Gasteiger partial charge in [0, 0.05) is 46.0 Å². The predicted octanol–water partition coefficient (Wildman–Crippen LogP) is 8.79. The highest BCUT2D eigenvalue weighted by Crippen LogP contribution is 2.40. The molecule has 0 saturated heterocycles. The van der Waals surface area contributed by atoms with Crippen LogP contribution in [0, 0.1) is 0 Å². The van der Waals surface area contributed by atoms with Crippen LogP contribution in [0.25, 0.3) is 78.0 Å². The van der Waals surface area contributed by atoms with Gasteiger partial charge in [-0.05, 0) is 30.3 Å². The van der Waals surface area contributed by atoms with Crippen molar-refractivity contribution < 1.29 is 0 Å². The fourth-order valence-corrected chi connectivity index (χ4v) is 6.30. The molecule has 9 aromatic rings. The first-order valence-corrected chi connectivity index (χ1v) is 14.6. The molecule has 0 bridgehead atoms. The lowest BCUT2D eigenvalue weighted by molar-refractivity contribution is 1.04. The van der Waals surface area contributed by atoms with E-state index < -0.39 is 0 Å². The summed E-state index contributed by atoms with van der Waals surface area (Å²) in [5.74, 6) is 1.41. The van der Waals surface area contributed by atoms with Crippen LogP contribution in [0.15, 0.2) is 146 Å². The molecule has 0 N–H and O–H groups in total. The van der Waals surface area contributed by atoms with E-state index in [-0.39, 0.29) is 0 Å². The van der Waals surface area contributed by atoms with E-state index in [1.54, 1.807) is 0 Å². The number of hydrogen-bond donors (Lipinski definition) is 0. The third kappa shape index (κ3) is 3.68. The van der Waals surface area contributed by atoms with E-state index in [0.717, 1.165) is 72.2 Å². The lowest BCUT2D eigenvalue weighted by atomic mass is 10.1. The van der Waals surface area contributed by atoms with Gasteiger partial charge < -0.3 is 4.57 Å². The predicted molar refractivity (Wildman–Crippen MR) is 177 cm³/mol. The zero-order chi connectivity index (χ0) is 29.0. The number of rotatable bonds is 4. The topological polar surface area (TPSA) is 61.4 Å². The second-order valence-electron chi connectivity index (χ2n) is 10.8. The van der Waals surface area contributed by atoms with Crippen molar-refractivity contribution in [3.05, 3.63) is 146 Å². The Hall–Kier alpha value is -6.14. The molecular formula is C38H24N6. The Labute approximate surface area is 252 Å². The molecule has 0 amide bonds. The summed E-state index contributed by atoms with van der Waals surface area (Å²) in [5.41, 5.74) is 9.61. The molecule has 5 aromatic heterocycles.